The third kappa shape index (κ3) is 5.21. The molecule has 1 atom stereocenters. The Labute approximate surface area is 149 Å². The number of furan rings is 1. The Kier molecular flexibility index (Phi) is 8.05. The lowest BCUT2D eigenvalue weighted by Crippen LogP contribution is -2.49. The van der Waals surface area contributed by atoms with Gasteiger partial charge < -0.3 is 19.4 Å². The van der Waals surface area contributed by atoms with E-state index in [1.165, 1.54) is 0 Å². The summed E-state index contributed by atoms with van der Waals surface area (Å²) < 4.78 is 10.7. The van der Waals surface area contributed by atoms with Crippen LogP contribution in [0.3, 0.4) is 0 Å². The summed E-state index contributed by atoms with van der Waals surface area (Å²) in [4.78, 5) is 17.2. The SMILES string of the molecule is Cl.O=C(c1ccco1)N(CCCN1CCOCC1)C1CCCNC1. The van der Waals surface area contributed by atoms with Crippen LogP contribution in [0.1, 0.15) is 29.8 Å². The number of nitrogens with zero attached hydrogens (tertiary/aromatic N) is 2. The third-order valence-corrected chi connectivity index (χ3v) is 4.68. The van der Waals surface area contributed by atoms with E-state index in [9.17, 15) is 4.79 Å². The van der Waals surface area contributed by atoms with Crippen LogP contribution in [0.15, 0.2) is 22.8 Å². The first kappa shape index (κ1) is 19.2. The molecule has 3 rings (SSSR count). The molecule has 0 bridgehead atoms. The lowest BCUT2D eigenvalue weighted by atomic mass is 10.0. The normalized spacial score (nSPS) is 21.9. The fourth-order valence-corrected chi connectivity index (χ4v) is 3.38. The minimum absolute atomic E-state index is 0. The Morgan fingerprint density at radius 3 is 2.88 bits per heavy atom. The first-order chi connectivity index (χ1) is 11.3. The van der Waals surface area contributed by atoms with E-state index in [1.54, 1.807) is 18.4 Å². The maximum absolute atomic E-state index is 12.8. The molecule has 3 heterocycles. The molecule has 0 aliphatic carbocycles. The monoisotopic (exact) mass is 357 g/mol. The van der Waals surface area contributed by atoms with Gasteiger partial charge in [0.2, 0.25) is 0 Å². The zero-order chi connectivity index (χ0) is 15.9. The van der Waals surface area contributed by atoms with E-state index in [0.717, 1.165) is 71.7 Å². The van der Waals surface area contributed by atoms with Gasteiger partial charge in [-0.05, 0) is 37.9 Å². The summed E-state index contributed by atoms with van der Waals surface area (Å²) in [7, 11) is 0. The molecule has 7 heteroatoms. The molecular formula is C17H28ClN3O3. The average molecular weight is 358 g/mol. The first-order valence-corrected chi connectivity index (χ1v) is 8.70. The molecular weight excluding hydrogens is 330 g/mol. The largest absolute Gasteiger partial charge is 0.459 e. The Morgan fingerprint density at radius 2 is 2.21 bits per heavy atom. The number of hydrogen-bond acceptors (Lipinski definition) is 5. The summed E-state index contributed by atoms with van der Waals surface area (Å²) in [5.41, 5.74) is 0. The molecule has 2 aliphatic rings. The summed E-state index contributed by atoms with van der Waals surface area (Å²) in [5, 5.41) is 3.40. The number of hydrogen-bond donors (Lipinski definition) is 1. The molecule has 1 unspecified atom stereocenters. The molecule has 0 spiro atoms. The molecule has 0 radical (unpaired) electrons. The Bertz CT molecular complexity index is 471. The summed E-state index contributed by atoms with van der Waals surface area (Å²) in [5.74, 6) is 0.465. The van der Waals surface area contributed by atoms with Gasteiger partial charge in [0.1, 0.15) is 0 Å². The zero-order valence-corrected chi connectivity index (χ0v) is 14.9. The van der Waals surface area contributed by atoms with Crippen molar-refractivity contribution in [2.75, 3.05) is 52.5 Å². The number of amides is 1. The summed E-state index contributed by atoms with van der Waals surface area (Å²) >= 11 is 0. The molecule has 136 valence electrons. The van der Waals surface area contributed by atoms with Gasteiger partial charge in [0.05, 0.1) is 19.5 Å². The van der Waals surface area contributed by atoms with Gasteiger partial charge in [0.25, 0.3) is 5.91 Å². The van der Waals surface area contributed by atoms with Crippen LogP contribution in [0, 0.1) is 0 Å². The maximum atomic E-state index is 12.8. The Morgan fingerprint density at radius 1 is 1.38 bits per heavy atom. The van der Waals surface area contributed by atoms with Gasteiger partial charge in [-0.3, -0.25) is 9.69 Å². The van der Waals surface area contributed by atoms with Crippen LogP contribution in [0.4, 0.5) is 0 Å². The highest BCUT2D eigenvalue weighted by molar-refractivity contribution is 5.91. The van der Waals surface area contributed by atoms with E-state index in [0.29, 0.717) is 5.76 Å². The van der Waals surface area contributed by atoms with Crippen LogP contribution in [0.5, 0.6) is 0 Å². The van der Waals surface area contributed by atoms with E-state index in [2.05, 4.69) is 10.2 Å². The number of nitrogens with one attached hydrogen (secondary N) is 1. The number of morpholine rings is 1. The smallest absolute Gasteiger partial charge is 0.289 e. The lowest BCUT2D eigenvalue weighted by Gasteiger charge is -2.35. The number of carbonyl (C=O) groups is 1. The third-order valence-electron chi connectivity index (χ3n) is 4.68. The number of rotatable bonds is 6. The second kappa shape index (κ2) is 10.0. The quantitative estimate of drug-likeness (QED) is 0.838. The fourth-order valence-electron chi connectivity index (χ4n) is 3.38. The second-order valence-electron chi connectivity index (χ2n) is 6.28. The van der Waals surface area contributed by atoms with Crippen LogP contribution < -0.4 is 5.32 Å². The number of ether oxygens (including phenoxy) is 1. The standard InChI is InChI=1S/C17H27N3O3.ClH/c21-17(16-5-2-11-23-16)20(15-4-1-6-18-14-15)8-3-7-19-9-12-22-13-10-19;/h2,5,11,15,18H,1,3-4,6-10,12-14H2;1H. The van der Waals surface area contributed by atoms with Crippen molar-refractivity contribution in [2.24, 2.45) is 0 Å². The van der Waals surface area contributed by atoms with E-state index in [-0.39, 0.29) is 24.4 Å². The van der Waals surface area contributed by atoms with Crippen molar-refractivity contribution in [1.29, 1.82) is 0 Å². The summed E-state index contributed by atoms with van der Waals surface area (Å²) in [6.07, 6.45) is 4.74. The van der Waals surface area contributed by atoms with Crippen molar-refractivity contribution in [3.63, 3.8) is 0 Å². The van der Waals surface area contributed by atoms with Crippen LogP contribution in [-0.2, 0) is 4.74 Å². The Balaban J connectivity index is 0.00000208. The van der Waals surface area contributed by atoms with Crippen molar-refractivity contribution in [2.45, 2.75) is 25.3 Å². The lowest BCUT2D eigenvalue weighted by molar-refractivity contribution is 0.0340. The molecule has 0 aromatic carbocycles. The highest BCUT2D eigenvalue weighted by Gasteiger charge is 2.27. The van der Waals surface area contributed by atoms with Crippen molar-refractivity contribution in [3.8, 4) is 0 Å². The molecule has 1 aromatic heterocycles. The number of carbonyl (C=O) groups excluding carboxylic acids is 1. The summed E-state index contributed by atoms with van der Waals surface area (Å²) in [6, 6.07) is 3.80. The van der Waals surface area contributed by atoms with Crippen molar-refractivity contribution in [3.05, 3.63) is 24.2 Å². The maximum Gasteiger partial charge on any atom is 0.289 e. The van der Waals surface area contributed by atoms with E-state index in [4.69, 9.17) is 9.15 Å². The number of piperidine rings is 1. The second-order valence-corrected chi connectivity index (χ2v) is 6.28. The topological polar surface area (TPSA) is 58.0 Å². The Hall–Kier alpha value is -1.08. The average Bonchev–Trinajstić information content (AvgIpc) is 3.15. The van der Waals surface area contributed by atoms with Crippen molar-refractivity contribution < 1.29 is 13.9 Å². The van der Waals surface area contributed by atoms with Crippen LogP contribution in [0.2, 0.25) is 0 Å². The molecule has 0 saturated carbocycles. The van der Waals surface area contributed by atoms with Crippen LogP contribution in [0.25, 0.3) is 0 Å². The molecule has 6 nitrogen and oxygen atoms in total. The van der Waals surface area contributed by atoms with E-state index in [1.807, 2.05) is 4.90 Å². The molecule has 2 saturated heterocycles. The molecule has 1 amide bonds. The van der Waals surface area contributed by atoms with E-state index < -0.39 is 0 Å². The van der Waals surface area contributed by atoms with Gasteiger partial charge >= 0.3 is 0 Å². The zero-order valence-electron chi connectivity index (χ0n) is 14.1. The van der Waals surface area contributed by atoms with Crippen LogP contribution in [-0.4, -0.2) is 74.2 Å². The minimum Gasteiger partial charge on any atom is -0.459 e. The molecule has 1 aromatic rings. The van der Waals surface area contributed by atoms with Gasteiger partial charge in [-0.15, -0.1) is 12.4 Å². The first-order valence-electron chi connectivity index (χ1n) is 8.70. The van der Waals surface area contributed by atoms with Crippen LogP contribution >= 0.6 is 12.4 Å². The fraction of sp³-hybridized carbons (Fsp3) is 0.706. The number of halogens is 1. The molecule has 2 aliphatic heterocycles. The highest BCUT2D eigenvalue weighted by atomic mass is 35.5. The van der Waals surface area contributed by atoms with Gasteiger partial charge in [0.15, 0.2) is 5.76 Å². The van der Waals surface area contributed by atoms with Gasteiger partial charge in [0, 0.05) is 38.8 Å². The molecule has 2 fully saturated rings. The summed E-state index contributed by atoms with van der Waals surface area (Å²) in [6.45, 7) is 7.36. The van der Waals surface area contributed by atoms with Gasteiger partial charge in [-0.2, -0.15) is 0 Å². The van der Waals surface area contributed by atoms with Gasteiger partial charge in [-0.25, -0.2) is 0 Å². The molecule has 24 heavy (non-hydrogen) atoms. The van der Waals surface area contributed by atoms with Crippen molar-refractivity contribution in [1.82, 2.24) is 15.1 Å². The highest BCUT2D eigenvalue weighted by Crippen LogP contribution is 2.16. The predicted octanol–water partition coefficient (Wildman–Crippen LogP) is 1.62. The predicted molar refractivity (Wildman–Crippen MR) is 94.8 cm³/mol. The molecule has 1 N–H and O–H groups in total. The van der Waals surface area contributed by atoms with Crippen molar-refractivity contribution >= 4 is 18.3 Å². The minimum atomic E-state index is 0. The van der Waals surface area contributed by atoms with E-state index >= 15 is 0 Å². The van der Waals surface area contributed by atoms with Gasteiger partial charge in [-0.1, -0.05) is 0 Å².